The topological polar surface area (TPSA) is 90.1 Å². The number of nitrogens with two attached hydrogens (primary N) is 1. The number of hydrogen-bond donors (Lipinski definition) is 2. The molecule has 6 nitrogen and oxygen atoms in total. The number of hydrogen-bond acceptors (Lipinski definition) is 5. The number of halogens is 1. The van der Waals surface area contributed by atoms with Crippen molar-refractivity contribution in [3.63, 3.8) is 0 Å². The molecule has 3 N–H and O–H groups in total. The van der Waals surface area contributed by atoms with Gasteiger partial charge in [0.2, 0.25) is 5.91 Å². The second-order valence-corrected chi connectivity index (χ2v) is 4.26. The van der Waals surface area contributed by atoms with Crippen LogP contribution in [-0.4, -0.2) is 35.6 Å². The summed E-state index contributed by atoms with van der Waals surface area (Å²) in [5.74, 6) is -0.231. The summed E-state index contributed by atoms with van der Waals surface area (Å²) >= 11 is 5.97. The van der Waals surface area contributed by atoms with Crippen LogP contribution in [-0.2, 0) is 9.53 Å². The molecule has 100 valence electrons. The van der Waals surface area contributed by atoms with E-state index in [1.165, 1.54) is 7.11 Å². The molecule has 0 fully saturated rings. The Bertz CT molecular complexity index is 605. The van der Waals surface area contributed by atoms with Gasteiger partial charge in [0.15, 0.2) is 11.0 Å². The molecule has 2 rings (SSSR count). The summed E-state index contributed by atoms with van der Waals surface area (Å²) in [4.78, 5) is 20.1. The number of methoxy groups -OCH3 is 1. The van der Waals surface area contributed by atoms with Crippen molar-refractivity contribution in [3.05, 3.63) is 29.4 Å². The standard InChI is InChI=1S/C12H13ClN4O2/c1-19-6-7(14)12(18)17-11-10(13)15-8-4-2-3-5-9(8)16-11/h2-5,7H,6,14H2,1H3,(H,16,17,18). The molecule has 1 amide bonds. The molecule has 0 bridgehead atoms. The Kier molecular flexibility index (Phi) is 4.26. The van der Waals surface area contributed by atoms with E-state index in [0.717, 1.165) is 0 Å². The Morgan fingerprint density at radius 1 is 1.42 bits per heavy atom. The predicted molar refractivity (Wildman–Crippen MR) is 73.0 cm³/mol. The van der Waals surface area contributed by atoms with Crippen molar-refractivity contribution in [2.45, 2.75) is 6.04 Å². The van der Waals surface area contributed by atoms with Gasteiger partial charge in [-0.05, 0) is 12.1 Å². The minimum absolute atomic E-state index is 0.116. The van der Waals surface area contributed by atoms with Crippen LogP contribution in [0.2, 0.25) is 5.15 Å². The number of nitrogens with one attached hydrogen (secondary N) is 1. The van der Waals surface area contributed by atoms with E-state index >= 15 is 0 Å². The van der Waals surface area contributed by atoms with Crippen molar-refractivity contribution in [3.8, 4) is 0 Å². The lowest BCUT2D eigenvalue weighted by atomic mass is 10.3. The maximum Gasteiger partial charge on any atom is 0.244 e. The Hall–Kier alpha value is -1.76. The number of para-hydroxylation sites is 2. The van der Waals surface area contributed by atoms with Gasteiger partial charge in [-0.2, -0.15) is 0 Å². The fraction of sp³-hybridized carbons (Fsp3) is 0.250. The van der Waals surface area contributed by atoms with Gasteiger partial charge >= 0.3 is 0 Å². The quantitative estimate of drug-likeness (QED) is 0.878. The molecular formula is C12H13ClN4O2. The van der Waals surface area contributed by atoms with Gasteiger partial charge in [0.25, 0.3) is 0 Å². The number of ether oxygens (including phenoxy) is 1. The molecule has 0 spiro atoms. The number of amides is 1. The first-order valence-electron chi connectivity index (χ1n) is 5.59. The number of carbonyl (C=O) groups is 1. The first-order chi connectivity index (χ1) is 9.11. The Labute approximate surface area is 114 Å². The number of carbonyl (C=O) groups excluding carboxylic acids is 1. The molecular weight excluding hydrogens is 268 g/mol. The van der Waals surface area contributed by atoms with Crippen molar-refractivity contribution >= 4 is 34.4 Å². The SMILES string of the molecule is COCC(N)C(=O)Nc1nc2ccccc2nc1Cl. The first-order valence-corrected chi connectivity index (χ1v) is 5.97. The predicted octanol–water partition coefficient (Wildman–Crippen LogP) is 1.20. The molecule has 0 saturated carbocycles. The smallest absolute Gasteiger partial charge is 0.244 e. The van der Waals surface area contributed by atoms with Crippen LogP contribution in [0.5, 0.6) is 0 Å². The molecule has 1 atom stereocenters. The van der Waals surface area contributed by atoms with Crippen molar-refractivity contribution in [1.82, 2.24) is 9.97 Å². The van der Waals surface area contributed by atoms with Gasteiger partial charge in [-0.25, -0.2) is 9.97 Å². The van der Waals surface area contributed by atoms with Crippen LogP contribution in [0.3, 0.4) is 0 Å². The van der Waals surface area contributed by atoms with E-state index in [4.69, 9.17) is 22.1 Å². The van der Waals surface area contributed by atoms with Gasteiger partial charge in [0, 0.05) is 7.11 Å². The number of rotatable bonds is 4. The van der Waals surface area contributed by atoms with Crippen LogP contribution in [0.25, 0.3) is 11.0 Å². The van der Waals surface area contributed by atoms with Crippen LogP contribution in [0.4, 0.5) is 5.82 Å². The van der Waals surface area contributed by atoms with Crippen molar-refractivity contribution in [2.75, 3.05) is 19.0 Å². The molecule has 0 radical (unpaired) electrons. The average Bonchev–Trinajstić information content (AvgIpc) is 2.39. The third-order valence-corrected chi connectivity index (χ3v) is 2.72. The Morgan fingerprint density at radius 3 is 2.68 bits per heavy atom. The molecule has 0 saturated heterocycles. The molecule has 1 unspecified atom stereocenters. The molecule has 1 heterocycles. The van der Waals surface area contributed by atoms with E-state index in [1.807, 2.05) is 12.1 Å². The van der Waals surface area contributed by atoms with Gasteiger partial charge in [-0.15, -0.1) is 0 Å². The summed E-state index contributed by atoms with van der Waals surface area (Å²) in [6.45, 7) is 0.116. The molecule has 2 aromatic rings. The van der Waals surface area contributed by atoms with Crippen LogP contribution >= 0.6 is 11.6 Å². The molecule has 0 aliphatic heterocycles. The molecule has 0 aliphatic rings. The molecule has 7 heteroatoms. The lowest BCUT2D eigenvalue weighted by molar-refractivity contribution is -0.118. The number of aromatic nitrogens is 2. The fourth-order valence-electron chi connectivity index (χ4n) is 1.52. The molecule has 1 aromatic carbocycles. The molecule has 1 aromatic heterocycles. The maximum absolute atomic E-state index is 11.7. The zero-order chi connectivity index (χ0) is 13.8. The van der Waals surface area contributed by atoms with Crippen LogP contribution < -0.4 is 11.1 Å². The number of nitrogens with zero attached hydrogens (tertiary/aromatic N) is 2. The second kappa shape index (κ2) is 5.92. The van der Waals surface area contributed by atoms with Crippen molar-refractivity contribution in [2.24, 2.45) is 5.73 Å². The summed E-state index contributed by atoms with van der Waals surface area (Å²) in [7, 11) is 1.47. The number of fused-ring (bicyclic) bond motifs is 1. The number of anilines is 1. The fourth-order valence-corrected chi connectivity index (χ4v) is 1.70. The summed E-state index contributed by atoms with van der Waals surface area (Å²) < 4.78 is 4.81. The monoisotopic (exact) mass is 280 g/mol. The van der Waals surface area contributed by atoms with E-state index in [-0.39, 0.29) is 17.6 Å². The minimum atomic E-state index is -0.783. The van der Waals surface area contributed by atoms with Gasteiger partial charge < -0.3 is 15.8 Å². The van der Waals surface area contributed by atoms with Crippen LogP contribution in [0.1, 0.15) is 0 Å². The zero-order valence-corrected chi connectivity index (χ0v) is 11.0. The number of benzene rings is 1. The van der Waals surface area contributed by atoms with E-state index < -0.39 is 11.9 Å². The highest BCUT2D eigenvalue weighted by Crippen LogP contribution is 2.20. The minimum Gasteiger partial charge on any atom is -0.383 e. The van der Waals surface area contributed by atoms with Crippen LogP contribution in [0.15, 0.2) is 24.3 Å². The third kappa shape index (κ3) is 3.17. The van der Waals surface area contributed by atoms with E-state index in [2.05, 4.69) is 15.3 Å². The highest BCUT2D eigenvalue weighted by Gasteiger charge is 2.16. The van der Waals surface area contributed by atoms with Crippen LogP contribution in [0, 0.1) is 0 Å². The second-order valence-electron chi connectivity index (χ2n) is 3.90. The van der Waals surface area contributed by atoms with E-state index in [0.29, 0.717) is 11.0 Å². The molecule has 0 aliphatic carbocycles. The summed E-state index contributed by atoms with van der Waals surface area (Å²) in [6, 6.07) is 6.45. The molecule has 19 heavy (non-hydrogen) atoms. The van der Waals surface area contributed by atoms with E-state index in [9.17, 15) is 4.79 Å². The maximum atomic E-state index is 11.7. The van der Waals surface area contributed by atoms with Gasteiger partial charge in [-0.1, -0.05) is 23.7 Å². The zero-order valence-electron chi connectivity index (χ0n) is 10.3. The van der Waals surface area contributed by atoms with Crippen molar-refractivity contribution in [1.29, 1.82) is 0 Å². The Morgan fingerprint density at radius 2 is 2.05 bits per heavy atom. The summed E-state index contributed by atoms with van der Waals surface area (Å²) in [5.41, 5.74) is 6.91. The Balaban J connectivity index is 2.25. The van der Waals surface area contributed by atoms with Gasteiger partial charge in [-0.3, -0.25) is 4.79 Å². The summed E-state index contributed by atoms with van der Waals surface area (Å²) in [6.07, 6.45) is 0. The highest BCUT2D eigenvalue weighted by atomic mass is 35.5. The highest BCUT2D eigenvalue weighted by molar-refractivity contribution is 6.32. The average molecular weight is 281 g/mol. The lowest BCUT2D eigenvalue weighted by Gasteiger charge is -2.11. The van der Waals surface area contributed by atoms with Gasteiger partial charge in [0.05, 0.1) is 17.6 Å². The van der Waals surface area contributed by atoms with E-state index in [1.54, 1.807) is 12.1 Å². The lowest BCUT2D eigenvalue weighted by Crippen LogP contribution is -2.39. The third-order valence-electron chi connectivity index (χ3n) is 2.45. The normalized spacial score (nSPS) is 12.4. The van der Waals surface area contributed by atoms with Gasteiger partial charge in [0.1, 0.15) is 6.04 Å². The largest absolute Gasteiger partial charge is 0.383 e. The van der Waals surface area contributed by atoms with Crippen molar-refractivity contribution < 1.29 is 9.53 Å². The summed E-state index contributed by atoms with van der Waals surface area (Å²) in [5, 5.41) is 2.66. The first kappa shape index (κ1) is 13.7.